The first kappa shape index (κ1) is 22.8. The molecule has 1 aromatic heterocycles. The van der Waals surface area contributed by atoms with Crippen molar-refractivity contribution in [2.45, 2.75) is 12.5 Å². The van der Waals surface area contributed by atoms with Gasteiger partial charge in [-0.05, 0) is 48.4 Å². The fourth-order valence-corrected chi connectivity index (χ4v) is 4.69. The number of aromatic nitrogens is 2. The lowest BCUT2D eigenvalue weighted by Crippen LogP contribution is -2.59. The van der Waals surface area contributed by atoms with Gasteiger partial charge in [0.25, 0.3) is 0 Å². The first-order valence-corrected chi connectivity index (χ1v) is 11.2. The Kier molecular flexibility index (Phi) is 5.64. The predicted octanol–water partition coefficient (Wildman–Crippen LogP) is 3.38. The number of amides is 2. The second-order valence-corrected chi connectivity index (χ2v) is 8.83. The van der Waals surface area contributed by atoms with E-state index >= 15 is 0 Å². The number of aliphatic hydroxyl groups is 1. The van der Waals surface area contributed by atoms with Gasteiger partial charge in [-0.2, -0.15) is 0 Å². The minimum Gasteiger partial charge on any atom is -0.495 e. The molecule has 5 rings (SSSR count). The smallest absolute Gasteiger partial charge is 0.326 e. The number of benzene rings is 2. The van der Waals surface area contributed by atoms with Crippen molar-refractivity contribution < 1.29 is 19.0 Å². The van der Waals surface area contributed by atoms with E-state index in [0.29, 0.717) is 23.7 Å². The number of hydrogen-bond acceptors (Lipinski definition) is 5. The number of fused-ring (bicyclic) bond motifs is 1. The summed E-state index contributed by atoms with van der Waals surface area (Å²) in [6.07, 6.45) is 5.63. The van der Waals surface area contributed by atoms with Crippen molar-refractivity contribution in [3.05, 3.63) is 83.2 Å². The number of nitrogens with zero attached hydrogens (tertiary/aromatic N) is 5. The highest BCUT2D eigenvalue weighted by Crippen LogP contribution is 2.39. The molecule has 1 N–H and O–H groups in total. The van der Waals surface area contributed by atoms with Crippen molar-refractivity contribution in [2.24, 2.45) is 4.99 Å². The maximum Gasteiger partial charge on any atom is 0.326 e. The van der Waals surface area contributed by atoms with E-state index in [0.717, 1.165) is 22.5 Å². The summed E-state index contributed by atoms with van der Waals surface area (Å²) in [6, 6.07) is 11.4. The SMILES string of the molecule is COc1cc(/C=C2\CN(C)C(=O)N3C2=NCC3(CO)c2ccc(F)cc2)ccc1-n1cnc(C)c1. The van der Waals surface area contributed by atoms with E-state index in [4.69, 9.17) is 4.74 Å². The van der Waals surface area contributed by atoms with Crippen molar-refractivity contribution in [3.63, 3.8) is 0 Å². The monoisotopic (exact) mass is 475 g/mol. The van der Waals surface area contributed by atoms with Gasteiger partial charge in [-0.15, -0.1) is 0 Å². The number of carbonyl (C=O) groups is 1. The molecule has 2 amide bonds. The number of hydrogen-bond donors (Lipinski definition) is 1. The highest BCUT2D eigenvalue weighted by atomic mass is 19.1. The molecular weight excluding hydrogens is 449 g/mol. The lowest BCUT2D eigenvalue weighted by molar-refractivity contribution is 0.0948. The average Bonchev–Trinajstić information content (AvgIpc) is 3.47. The Morgan fingerprint density at radius 1 is 1.23 bits per heavy atom. The highest BCUT2D eigenvalue weighted by Gasteiger charge is 2.51. The molecule has 2 aliphatic rings. The number of halogens is 1. The van der Waals surface area contributed by atoms with Gasteiger partial charge < -0.3 is 19.3 Å². The molecule has 0 aliphatic carbocycles. The Morgan fingerprint density at radius 2 is 2.00 bits per heavy atom. The van der Waals surface area contributed by atoms with E-state index in [1.165, 1.54) is 17.0 Å². The Labute approximate surface area is 202 Å². The largest absolute Gasteiger partial charge is 0.495 e. The van der Waals surface area contributed by atoms with Crippen LogP contribution < -0.4 is 4.74 Å². The van der Waals surface area contributed by atoms with E-state index in [1.807, 2.05) is 42.0 Å². The molecule has 180 valence electrons. The topological polar surface area (TPSA) is 83.2 Å². The number of methoxy groups -OCH3 is 1. The number of amidine groups is 1. The van der Waals surface area contributed by atoms with Gasteiger partial charge in [-0.1, -0.05) is 18.2 Å². The van der Waals surface area contributed by atoms with Crippen LogP contribution in [0, 0.1) is 12.7 Å². The molecule has 1 fully saturated rings. The van der Waals surface area contributed by atoms with Gasteiger partial charge in [0.2, 0.25) is 0 Å². The van der Waals surface area contributed by atoms with Crippen LogP contribution in [0.15, 0.2) is 65.6 Å². The van der Waals surface area contributed by atoms with Crippen molar-refractivity contribution in [1.29, 1.82) is 0 Å². The zero-order chi connectivity index (χ0) is 24.7. The lowest BCUT2D eigenvalue weighted by Gasteiger charge is -2.43. The molecule has 0 bridgehead atoms. The Morgan fingerprint density at radius 3 is 2.66 bits per heavy atom. The van der Waals surface area contributed by atoms with Gasteiger partial charge in [0.05, 0.1) is 44.5 Å². The van der Waals surface area contributed by atoms with Crippen LogP contribution in [0.4, 0.5) is 9.18 Å². The second-order valence-electron chi connectivity index (χ2n) is 8.83. The van der Waals surface area contributed by atoms with Gasteiger partial charge >= 0.3 is 6.03 Å². The van der Waals surface area contributed by atoms with Gasteiger partial charge in [-0.3, -0.25) is 9.89 Å². The van der Waals surface area contributed by atoms with E-state index in [9.17, 15) is 14.3 Å². The molecule has 1 atom stereocenters. The molecule has 9 heteroatoms. The van der Waals surface area contributed by atoms with E-state index < -0.39 is 5.54 Å². The molecule has 2 aliphatic heterocycles. The summed E-state index contributed by atoms with van der Waals surface area (Å²) in [5.41, 5.74) is 3.02. The number of likely N-dealkylation sites (N-methyl/N-ethyl adjacent to an activating group) is 1. The molecule has 2 aromatic carbocycles. The minimum absolute atomic E-state index is 0.184. The van der Waals surface area contributed by atoms with Crippen molar-refractivity contribution in [1.82, 2.24) is 19.4 Å². The van der Waals surface area contributed by atoms with E-state index in [-0.39, 0.29) is 25.0 Å². The molecule has 1 saturated heterocycles. The van der Waals surface area contributed by atoms with Crippen LogP contribution in [-0.4, -0.2) is 70.2 Å². The summed E-state index contributed by atoms with van der Waals surface area (Å²) in [4.78, 5) is 25.3. The maximum absolute atomic E-state index is 13.6. The molecule has 3 heterocycles. The third-order valence-corrected chi connectivity index (χ3v) is 6.52. The molecular formula is C26H26FN5O3. The molecule has 1 unspecified atom stereocenters. The van der Waals surface area contributed by atoms with E-state index in [2.05, 4.69) is 9.98 Å². The van der Waals surface area contributed by atoms with Crippen LogP contribution in [-0.2, 0) is 5.54 Å². The lowest BCUT2D eigenvalue weighted by atomic mass is 9.89. The molecule has 3 aromatic rings. The predicted molar refractivity (Wildman–Crippen MR) is 130 cm³/mol. The molecule has 0 saturated carbocycles. The van der Waals surface area contributed by atoms with Crippen LogP contribution in [0.25, 0.3) is 11.8 Å². The summed E-state index contributed by atoms with van der Waals surface area (Å²) in [5.74, 6) is 0.810. The van der Waals surface area contributed by atoms with Crippen LogP contribution in [0.1, 0.15) is 16.8 Å². The first-order chi connectivity index (χ1) is 16.9. The zero-order valence-electron chi connectivity index (χ0n) is 19.8. The third-order valence-electron chi connectivity index (χ3n) is 6.52. The van der Waals surface area contributed by atoms with Gasteiger partial charge in [0, 0.05) is 18.8 Å². The summed E-state index contributed by atoms with van der Waals surface area (Å²) < 4.78 is 21.1. The van der Waals surface area contributed by atoms with Crippen LogP contribution in [0.2, 0.25) is 0 Å². The van der Waals surface area contributed by atoms with Crippen molar-refractivity contribution in [3.8, 4) is 11.4 Å². The number of imidazole rings is 1. The fraction of sp³-hybridized carbons (Fsp3) is 0.269. The van der Waals surface area contributed by atoms with Crippen LogP contribution in [0.5, 0.6) is 5.75 Å². The highest BCUT2D eigenvalue weighted by molar-refractivity contribution is 6.14. The van der Waals surface area contributed by atoms with Crippen molar-refractivity contribution >= 4 is 17.9 Å². The van der Waals surface area contributed by atoms with E-state index in [1.54, 1.807) is 37.5 Å². The average molecular weight is 476 g/mol. The maximum atomic E-state index is 13.6. The number of aryl methyl sites for hydroxylation is 1. The summed E-state index contributed by atoms with van der Waals surface area (Å²) in [5, 5.41) is 10.4. The minimum atomic E-state index is -1.09. The number of aliphatic imine (C=N–C) groups is 1. The molecule has 0 spiro atoms. The number of urea groups is 1. The van der Waals surface area contributed by atoms with Crippen molar-refractivity contribution in [2.75, 3.05) is 33.9 Å². The van der Waals surface area contributed by atoms with Crippen LogP contribution in [0.3, 0.4) is 0 Å². The summed E-state index contributed by atoms with van der Waals surface area (Å²) in [7, 11) is 3.33. The number of aliphatic hydroxyl groups excluding tert-OH is 1. The van der Waals surface area contributed by atoms with Gasteiger partial charge in [0.1, 0.15) is 22.9 Å². The molecule has 35 heavy (non-hydrogen) atoms. The first-order valence-electron chi connectivity index (χ1n) is 11.2. The fourth-order valence-electron chi connectivity index (χ4n) is 4.69. The standard InChI is InChI=1S/C26H26FN5O3/c1-17-12-31(16-29-17)22-9-4-18(11-23(22)35-3)10-19-13-30(2)25(34)32-24(19)28-14-26(32,15-33)20-5-7-21(27)8-6-20/h4-12,16,33H,13-15H2,1-3H3/b19-10+. The van der Waals surface area contributed by atoms with Gasteiger partial charge in [0.15, 0.2) is 0 Å². The second kappa shape index (κ2) is 8.66. The summed E-state index contributed by atoms with van der Waals surface area (Å²) >= 11 is 0. The Hall–Kier alpha value is -3.98. The third kappa shape index (κ3) is 3.77. The Bertz CT molecular complexity index is 1350. The number of ether oxygens (including phenoxy) is 1. The number of rotatable bonds is 5. The Balaban J connectivity index is 1.54. The van der Waals surface area contributed by atoms with Gasteiger partial charge in [-0.25, -0.2) is 14.2 Å². The zero-order valence-corrected chi connectivity index (χ0v) is 19.8. The van der Waals surface area contributed by atoms with Crippen LogP contribution >= 0.6 is 0 Å². The summed E-state index contributed by atoms with van der Waals surface area (Å²) in [6.45, 7) is 2.13. The number of carbonyl (C=O) groups excluding carboxylic acids is 1. The molecule has 0 radical (unpaired) electrons. The quantitative estimate of drug-likeness (QED) is 0.613. The molecule has 8 nitrogen and oxygen atoms in total. The normalized spacial score (nSPS) is 20.9.